The minimum absolute atomic E-state index is 0.412. The predicted octanol–water partition coefficient (Wildman–Crippen LogP) is 3.55. The van der Waals surface area contributed by atoms with E-state index >= 15 is 0 Å². The summed E-state index contributed by atoms with van der Waals surface area (Å²) in [5.41, 5.74) is 2.13. The lowest BCUT2D eigenvalue weighted by molar-refractivity contribution is 0.612. The number of nitrogens with one attached hydrogen (secondary N) is 1. The van der Waals surface area contributed by atoms with E-state index in [0.717, 1.165) is 23.5 Å². The summed E-state index contributed by atoms with van der Waals surface area (Å²) in [6.07, 6.45) is 4.96. The van der Waals surface area contributed by atoms with Crippen LogP contribution in [0.25, 0.3) is 11.0 Å². The summed E-state index contributed by atoms with van der Waals surface area (Å²) < 4.78 is 0. The summed E-state index contributed by atoms with van der Waals surface area (Å²) in [5.74, 6) is 1.65. The van der Waals surface area contributed by atoms with Crippen molar-refractivity contribution in [3.63, 3.8) is 0 Å². The van der Waals surface area contributed by atoms with E-state index in [0.29, 0.717) is 11.9 Å². The Morgan fingerprint density at radius 1 is 1.28 bits per heavy atom. The number of imidazole rings is 1. The molecule has 1 atom stereocenters. The first kappa shape index (κ1) is 11.8. The van der Waals surface area contributed by atoms with Crippen molar-refractivity contribution in [2.24, 2.45) is 0 Å². The van der Waals surface area contributed by atoms with Gasteiger partial charge in [0.2, 0.25) is 5.95 Å². The van der Waals surface area contributed by atoms with E-state index in [1.54, 1.807) is 0 Å². The van der Waals surface area contributed by atoms with Crippen molar-refractivity contribution in [2.45, 2.75) is 31.7 Å². The van der Waals surface area contributed by atoms with Crippen molar-refractivity contribution in [3.05, 3.63) is 24.3 Å². The number of halogens is 1. The number of nitrogens with zero attached hydrogens (tertiary/aromatic N) is 2. The molecule has 2 heterocycles. The van der Waals surface area contributed by atoms with Gasteiger partial charge in [0.1, 0.15) is 0 Å². The van der Waals surface area contributed by atoms with Crippen molar-refractivity contribution < 1.29 is 0 Å². The van der Waals surface area contributed by atoms with Crippen LogP contribution in [0.15, 0.2) is 24.3 Å². The lowest BCUT2D eigenvalue weighted by Gasteiger charge is -2.27. The maximum Gasteiger partial charge on any atom is 0.204 e. The van der Waals surface area contributed by atoms with E-state index in [-0.39, 0.29) is 0 Å². The van der Waals surface area contributed by atoms with Crippen LogP contribution in [0.4, 0.5) is 5.95 Å². The van der Waals surface area contributed by atoms with Crippen LogP contribution in [-0.4, -0.2) is 28.4 Å². The van der Waals surface area contributed by atoms with Crippen molar-refractivity contribution in [1.82, 2.24) is 9.97 Å². The number of hydrogen-bond donors (Lipinski definition) is 1. The van der Waals surface area contributed by atoms with Gasteiger partial charge in [-0.2, -0.15) is 0 Å². The molecule has 1 aliphatic rings. The van der Waals surface area contributed by atoms with E-state index in [2.05, 4.69) is 20.9 Å². The fourth-order valence-corrected chi connectivity index (χ4v) is 3.01. The second-order valence-corrected chi connectivity index (χ2v) is 5.24. The van der Waals surface area contributed by atoms with Crippen molar-refractivity contribution >= 4 is 28.6 Å². The number of hydrogen-bond acceptors (Lipinski definition) is 2. The smallest absolute Gasteiger partial charge is 0.204 e. The highest BCUT2D eigenvalue weighted by atomic mass is 35.5. The van der Waals surface area contributed by atoms with Gasteiger partial charge < -0.3 is 9.88 Å². The van der Waals surface area contributed by atoms with E-state index in [9.17, 15) is 0 Å². The first-order valence-electron chi connectivity index (χ1n) is 6.66. The molecule has 0 spiro atoms. The molecule has 0 amide bonds. The van der Waals surface area contributed by atoms with E-state index in [1.165, 1.54) is 25.7 Å². The monoisotopic (exact) mass is 263 g/mol. The number of benzene rings is 1. The van der Waals surface area contributed by atoms with Crippen LogP contribution in [-0.2, 0) is 0 Å². The second kappa shape index (κ2) is 5.19. The zero-order valence-corrected chi connectivity index (χ0v) is 11.2. The quantitative estimate of drug-likeness (QED) is 0.841. The molecule has 1 aromatic heterocycles. The van der Waals surface area contributed by atoms with Gasteiger partial charge in [-0.25, -0.2) is 4.98 Å². The molecule has 0 bridgehead atoms. The number of aromatic nitrogens is 2. The van der Waals surface area contributed by atoms with Gasteiger partial charge in [0.25, 0.3) is 0 Å². The van der Waals surface area contributed by atoms with Crippen LogP contribution in [0.2, 0.25) is 0 Å². The maximum absolute atomic E-state index is 6.11. The lowest BCUT2D eigenvalue weighted by Crippen LogP contribution is -2.36. The normalized spacial score (nSPS) is 21.2. The predicted molar refractivity (Wildman–Crippen MR) is 76.4 cm³/mol. The third-order valence-corrected chi connectivity index (χ3v) is 4.06. The molecule has 1 fully saturated rings. The van der Waals surface area contributed by atoms with Crippen LogP contribution in [0.1, 0.15) is 25.7 Å². The third-order valence-electron chi connectivity index (χ3n) is 3.70. The molecule has 2 aromatic rings. The fraction of sp³-hybridized carbons (Fsp3) is 0.500. The minimum Gasteiger partial charge on any atom is -0.338 e. The molecular formula is C14H18ClN3. The van der Waals surface area contributed by atoms with Gasteiger partial charge in [-0.15, -0.1) is 11.6 Å². The number of para-hydroxylation sites is 2. The van der Waals surface area contributed by atoms with Crippen LogP contribution < -0.4 is 4.90 Å². The Bertz CT molecular complexity index is 489. The average molecular weight is 264 g/mol. The summed E-state index contributed by atoms with van der Waals surface area (Å²) in [6, 6.07) is 8.58. The van der Waals surface area contributed by atoms with Gasteiger partial charge in [-0.3, -0.25) is 0 Å². The third kappa shape index (κ3) is 2.19. The Hall–Kier alpha value is -1.22. The first-order valence-corrected chi connectivity index (χ1v) is 7.19. The summed E-state index contributed by atoms with van der Waals surface area (Å²) in [4.78, 5) is 10.4. The molecule has 1 N–H and O–H groups in total. The zero-order chi connectivity index (χ0) is 12.4. The molecule has 0 radical (unpaired) electrons. The van der Waals surface area contributed by atoms with Crippen molar-refractivity contribution in [1.29, 1.82) is 0 Å². The maximum atomic E-state index is 6.11. The Labute approximate surface area is 112 Å². The van der Waals surface area contributed by atoms with Gasteiger partial charge in [-0.05, 0) is 25.0 Å². The van der Waals surface area contributed by atoms with Crippen LogP contribution in [0.5, 0.6) is 0 Å². The van der Waals surface area contributed by atoms with Crippen LogP contribution in [0, 0.1) is 0 Å². The summed E-state index contributed by atoms with van der Waals surface area (Å²) >= 11 is 6.11. The van der Waals surface area contributed by atoms with Gasteiger partial charge in [0.15, 0.2) is 0 Å². The Morgan fingerprint density at radius 3 is 3.00 bits per heavy atom. The van der Waals surface area contributed by atoms with Crippen molar-refractivity contribution in [2.75, 3.05) is 17.3 Å². The van der Waals surface area contributed by atoms with E-state index in [4.69, 9.17) is 11.6 Å². The number of anilines is 1. The molecule has 18 heavy (non-hydrogen) atoms. The topological polar surface area (TPSA) is 31.9 Å². The van der Waals surface area contributed by atoms with Gasteiger partial charge in [0.05, 0.1) is 11.0 Å². The number of rotatable bonds is 2. The highest BCUT2D eigenvalue weighted by molar-refractivity contribution is 6.18. The highest BCUT2D eigenvalue weighted by Gasteiger charge is 2.22. The molecule has 1 aromatic carbocycles. The first-order chi connectivity index (χ1) is 8.88. The molecule has 4 heteroatoms. The average Bonchev–Trinajstić information content (AvgIpc) is 2.68. The molecule has 1 saturated heterocycles. The van der Waals surface area contributed by atoms with Crippen LogP contribution in [0.3, 0.4) is 0 Å². The Kier molecular flexibility index (Phi) is 3.41. The molecule has 0 aliphatic carbocycles. The standard InChI is InChI=1S/C14H18ClN3/c15-10-11-6-2-1-5-9-18(11)14-16-12-7-3-4-8-13(12)17-14/h3-4,7-8,11H,1-2,5-6,9-10H2,(H,16,17). The minimum atomic E-state index is 0.412. The van der Waals surface area contributed by atoms with Gasteiger partial charge in [-0.1, -0.05) is 25.0 Å². The largest absolute Gasteiger partial charge is 0.338 e. The fourth-order valence-electron chi connectivity index (χ4n) is 2.69. The van der Waals surface area contributed by atoms with Gasteiger partial charge in [0, 0.05) is 18.5 Å². The molecular weight excluding hydrogens is 246 g/mol. The van der Waals surface area contributed by atoms with Crippen molar-refractivity contribution in [3.8, 4) is 0 Å². The zero-order valence-electron chi connectivity index (χ0n) is 10.4. The lowest BCUT2D eigenvalue weighted by atomic mass is 10.1. The molecule has 3 rings (SSSR count). The van der Waals surface area contributed by atoms with E-state index in [1.807, 2.05) is 18.2 Å². The Balaban J connectivity index is 1.95. The summed E-state index contributed by atoms with van der Waals surface area (Å²) in [5, 5.41) is 0. The highest BCUT2D eigenvalue weighted by Crippen LogP contribution is 2.24. The Morgan fingerprint density at radius 2 is 2.17 bits per heavy atom. The number of alkyl halides is 1. The second-order valence-electron chi connectivity index (χ2n) is 4.93. The molecule has 96 valence electrons. The molecule has 3 nitrogen and oxygen atoms in total. The number of H-pyrrole nitrogens is 1. The molecule has 0 saturated carbocycles. The van der Waals surface area contributed by atoms with Gasteiger partial charge >= 0.3 is 0 Å². The SMILES string of the molecule is ClCC1CCCCCN1c1nc2ccccc2[nH]1. The molecule has 1 unspecified atom stereocenters. The van der Waals surface area contributed by atoms with Crippen LogP contribution >= 0.6 is 11.6 Å². The number of fused-ring (bicyclic) bond motifs is 1. The summed E-state index contributed by atoms with van der Waals surface area (Å²) in [6.45, 7) is 1.05. The van der Waals surface area contributed by atoms with E-state index < -0.39 is 0 Å². The summed E-state index contributed by atoms with van der Waals surface area (Å²) in [7, 11) is 0. The number of aromatic amines is 1. The molecule has 1 aliphatic heterocycles.